The minimum absolute atomic E-state index is 0.133. The number of imidazole rings is 1. The molecule has 0 radical (unpaired) electrons. The maximum absolute atomic E-state index is 9.80. The highest BCUT2D eigenvalue weighted by molar-refractivity contribution is 6.37. The van der Waals surface area contributed by atoms with E-state index in [2.05, 4.69) is 15.3 Å². The zero-order valence-electron chi connectivity index (χ0n) is 13.2. The van der Waals surface area contributed by atoms with Crippen molar-refractivity contribution in [1.29, 1.82) is 0 Å². The molecule has 2 aromatic heterocycles. The third-order valence-electron chi connectivity index (χ3n) is 4.24. The van der Waals surface area contributed by atoms with Crippen LogP contribution >= 0.6 is 23.2 Å². The Morgan fingerprint density at radius 2 is 2.12 bits per heavy atom. The zero-order valence-corrected chi connectivity index (χ0v) is 14.8. The molecule has 8 heteroatoms. The molecule has 3 heterocycles. The Balaban J connectivity index is 1.78. The first kappa shape index (κ1) is 16.4. The molecule has 6 nitrogen and oxygen atoms in total. The SMILES string of the molecule is Oc1c(Cl)cc(-c2nc3cnccn3c2NCC2CCCO2)cc1Cl. The van der Waals surface area contributed by atoms with E-state index in [9.17, 15) is 5.11 Å². The van der Waals surface area contributed by atoms with E-state index in [0.29, 0.717) is 23.4 Å². The summed E-state index contributed by atoms with van der Waals surface area (Å²) < 4.78 is 7.61. The molecule has 1 aliphatic heterocycles. The summed E-state index contributed by atoms with van der Waals surface area (Å²) in [7, 11) is 0. The maximum Gasteiger partial charge on any atom is 0.157 e. The lowest BCUT2D eigenvalue weighted by Crippen LogP contribution is -2.19. The number of hydrogen-bond acceptors (Lipinski definition) is 5. The van der Waals surface area contributed by atoms with Gasteiger partial charge < -0.3 is 15.2 Å². The summed E-state index contributed by atoms with van der Waals surface area (Å²) in [5.74, 6) is 0.678. The topological polar surface area (TPSA) is 71.7 Å². The number of anilines is 1. The lowest BCUT2D eigenvalue weighted by molar-refractivity contribution is 0.120. The van der Waals surface area contributed by atoms with Crippen molar-refractivity contribution in [1.82, 2.24) is 14.4 Å². The Bertz CT molecular complexity index is 899. The summed E-state index contributed by atoms with van der Waals surface area (Å²) in [6.07, 6.45) is 7.54. The molecule has 0 spiro atoms. The molecule has 1 saturated heterocycles. The van der Waals surface area contributed by atoms with E-state index in [0.717, 1.165) is 25.3 Å². The highest BCUT2D eigenvalue weighted by Gasteiger charge is 2.20. The van der Waals surface area contributed by atoms with Gasteiger partial charge in [0, 0.05) is 31.1 Å². The van der Waals surface area contributed by atoms with Crippen LogP contribution in [-0.4, -0.2) is 38.7 Å². The van der Waals surface area contributed by atoms with E-state index in [1.54, 1.807) is 24.5 Å². The minimum Gasteiger partial charge on any atom is -0.505 e. The third-order valence-corrected chi connectivity index (χ3v) is 4.82. The molecule has 0 bridgehead atoms. The van der Waals surface area contributed by atoms with Crippen molar-refractivity contribution >= 4 is 34.7 Å². The van der Waals surface area contributed by atoms with Crippen LogP contribution in [0, 0.1) is 0 Å². The number of rotatable bonds is 4. The van der Waals surface area contributed by atoms with Crippen molar-refractivity contribution in [3.05, 3.63) is 40.8 Å². The number of aromatic hydroxyl groups is 1. The van der Waals surface area contributed by atoms with Gasteiger partial charge in [0.05, 0.1) is 22.3 Å². The number of nitrogens with zero attached hydrogens (tertiary/aromatic N) is 3. The fourth-order valence-electron chi connectivity index (χ4n) is 3.00. The normalized spacial score (nSPS) is 17.3. The van der Waals surface area contributed by atoms with Crippen LogP contribution in [0.15, 0.2) is 30.7 Å². The smallest absolute Gasteiger partial charge is 0.157 e. The number of halogens is 2. The average Bonchev–Trinajstić information content (AvgIpc) is 3.24. The van der Waals surface area contributed by atoms with Gasteiger partial charge in [-0.25, -0.2) is 4.98 Å². The molecule has 1 aliphatic rings. The van der Waals surface area contributed by atoms with Gasteiger partial charge in [0.25, 0.3) is 0 Å². The van der Waals surface area contributed by atoms with E-state index in [1.165, 1.54) is 0 Å². The van der Waals surface area contributed by atoms with Crippen molar-refractivity contribution < 1.29 is 9.84 Å². The molecule has 1 atom stereocenters. The zero-order chi connectivity index (χ0) is 17.4. The van der Waals surface area contributed by atoms with Gasteiger partial charge in [-0.05, 0) is 25.0 Å². The molecule has 1 aromatic carbocycles. The van der Waals surface area contributed by atoms with Gasteiger partial charge in [-0.2, -0.15) is 0 Å². The summed E-state index contributed by atoms with van der Waals surface area (Å²) in [6.45, 7) is 1.49. The highest BCUT2D eigenvalue weighted by Crippen LogP contribution is 2.38. The summed E-state index contributed by atoms with van der Waals surface area (Å²) in [6, 6.07) is 3.30. The van der Waals surface area contributed by atoms with Crippen molar-refractivity contribution in [2.45, 2.75) is 18.9 Å². The van der Waals surface area contributed by atoms with E-state index >= 15 is 0 Å². The highest BCUT2D eigenvalue weighted by atomic mass is 35.5. The fourth-order valence-corrected chi connectivity index (χ4v) is 3.48. The Morgan fingerprint density at radius 1 is 1.32 bits per heavy atom. The van der Waals surface area contributed by atoms with E-state index in [-0.39, 0.29) is 21.9 Å². The number of ether oxygens (including phenoxy) is 1. The Hall–Kier alpha value is -2.02. The first-order chi connectivity index (χ1) is 12.1. The molecule has 25 heavy (non-hydrogen) atoms. The molecule has 2 N–H and O–H groups in total. The van der Waals surface area contributed by atoms with E-state index < -0.39 is 0 Å². The predicted molar refractivity (Wildman–Crippen MR) is 97.6 cm³/mol. The summed E-state index contributed by atoms with van der Waals surface area (Å²) in [5.41, 5.74) is 2.11. The quantitative estimate of drug-likeness (QED) is 0.717. The predicted octanol–water partition coefficient (Wildman–Crippen LogP) is 4.00. The Morgan fingerprint density at radius 3 is 2.84 bits per heavy atom. The van der Waals surface area contributed by atoms with Gasteiger partial charge in [0.1, 0.15) is 11.5 Å². The van der Waals surface area contributed by atoms with Gasteiger partial charge >= 0.3 is 0 Å². The van der Waals surface area contributed by atoms with Crippen LogP contribution in [-0.2, 0) is 4.74 Å². The monoisotopic (exact) mass is 378 g/mol. The van der Waals surface area contributed by atoms with Gasteiger partial charge in [-0.3, -0.25) is 9.38 Å². The number of phenols is 1. The van der Waals surface area contributed by atoms with Crippen LogP contribution < -0.4 is 5.32 Å². The molecule has 130 valence electrons. The maximum atomic E-state index is 9.80. The second kappa shape index (κ2) is 6.71. The molecule has 0 aliphatic carbocycles. The van der Waals surface area contributed by atoms with Gasteiger partial charge in [-0.15, -0.1) is 0 Å². The number of hydrogen-bond donors (Lipinski definition) is 2. The van der Waals surface area contributed by atoms with Crippen molar-refractivity contribution in [3.8, 4) is 17.0 Å². The van der Waals surface area contributed by atoms with Gasteiger partial charge in [-0.1, -0.05) is 23.2 Å². The van der Waals surface area contributed by atoms with Gasteiger partial charge in [0.15, 0.2) is 11.4 Å². The Labute approximate surface area is 154 Å². The molecule has 3 aromatic rings. The van der Waals surface area contributed by atoms with Crippen molar-refractivity contribution in [2.75, 3.05) is 18.5 Å². The summed E-state index contributed by atoms with van der Waals surface area (Å²) in [4.78, 5) is 8.76. The first-order valence-corrected chi connectivity index (χ1v) is 8.75. The largest absolute Gasteiger partial charge is 0.505 e. The number of phenolic OH excluding ortho intramolecular Hbond substituents is 1. The van der Waals surface area contributed by atoms with Crippen LogP contribution in [0.1, 0.15) is 12.8 Å². The Kier molecular flexibility index (Phi) is 4.41. The fraction of sp³-hybridized carbons (Fsp3) is 0.294. The second-order valence-electron chi connectivity index (χ2n) is 5.92. The standard InChI is InChI=1S/C17H16Cl2N4O2/c18-12-6-10(7-13(19)16(12)24)15-17(21-8-11-2-1-5-25-11)23-4-3-20-9-14(23)22-15/h3-4,6-7,9,11,21,24H,1-2,5,8H2. The molecule has 0 amide bonds. The molecular weight excluding hydrogens is 363 g/mol. The third kappa shape index (κ3) is 3.13. The van der Waals surface area contributed by atoms with Crippen LogP contribution in [0.2, 0.25) is 10.0 Å². The summed E-state index contributed by atoms with van der Waals surface area (Å²) in [5, 5.41) is 13.6. The molecule has 1 fully saturated rings. The van der Waals surface area contributed by atoms with E-state index in [1.807, 2.05) is 10.6 Å². The number of fused-ring (bicyclic) bond motifs is 1. The lowest BCUT2D eigenvalue weighted by atomic mass is 10.1. The van der Waals surface area contributed by atoms with Crippen LogP contribution in [0.25, 0.3) is 16.9 Å². The van der Waals surface area contributed by atoms with Crippen molar-refractivity contribution in [2.24, 2.45) is 0 Å². The average molecular weight is 379 g/mol. The van der Waals surface area contributed by atoms with E-state index in [4.69, 9.17) is 27.9 Å². The number of benzene rings is 1. The first-order valence-electron chi connectivity index (χ1n) is 7.99. The van der Waals surface area contributed by atoms with Gasteiger partial charge in [0.2, 0.25) is 0 Å². The molecule has 1 unspecified atom stereocenters. The number of nitrogens with one attached hydrogen (secondary N) is 1. The number of aromatic nitrogens is 3. The summed E-state index contributed by atoms with van der Waals surface area (Å²) >= 11 is 12.2. The van der Waals surface area contributed by atoms with Crippen LogP contribution in [0.5, 0.6) is 5.75 Å². The minimum atomic E-state index is -0.133. The lowest BCUT2D eigenvalue weighted by Gasteiger charge is -2.13. The molecule has 0 saturated carbocycles. The van der Waals surface area contributed by atoms with Crippen LogP contribution in [0.3, 0.4) is 0 Å². The van der Waals surface area contributed by atoms with Crippen molar-refractivity contribution in [3.63, 3.8) is 0 Å². The molecule has 4 rings (SSSR count). The molecular formula is C17H16Cl2N4O2. The second-order valence-corrected chi connectivity index (χ2v) is 6.73. The van der Waals surface area contributed by atoms with Crippen LogP contribution in [0.4, 0.5) is 5.82 Å².